The fourth-order valence-electron chi connectivity index (χ4n) is 4.22. The van der Waals surface area contributed by atoms with E-state index in [-0.39, 0.29) is 23.5 Å². The maximum Gasteiger partial charge on any atom is 0.236 e. The Morgan fingerprint density at radius 2 is 1.71 bits per heavy atom. The lowest BCUT2D eigenvalue weighted by Gasteiger charge is -2.29. The number of aryl methyl sites for hydroxylation is 2. The second kappa shape index (κ2) is 9.92. The molecule has 0 radical (unpaired) electrons. The minimum absolute atomic E-state index is 0.0427. The van der Waals surface area contributed by atoms with E-state index >= 15 is 0 Å². The number of carbonyl (C=O) groups excluding carboxylic acids is 1. The molecule has 1 fully saturated rings. The minimum Gasteiger partial charge on any atom is -0.338 e. The van der Waals surface area contributed by atoms with Gasteiger partial charge in [-0.1, -0.05) is 59.3 Å². The van der Waals surface area contributed by atoms with Gasteiger partial charge in [-0.2, -0.15) is 0 Å². The average molecular weight is 499 g/mol. The summed E-state index contributed by atoms with van der Waals surface area (Å²) in [6, 6.07) is 16.0. The van der Waals surface area contributed by atoms with Crippen molar-refractivity contribution in [3.8, 4) is 17.1 Å². The van der Waals surface area contributed by atoms with Gasteiger partial charge in [0.1, 0.15) is 0 Å². The van der Waals surface area contributed by atoms with Crippen molar-refractivity contribution in [3.05, 3.63) is 59.7 Å². The molecule has 1 aliphatic rings. The number of hydrogen-bond acceptors (Lipinski definition) is 6. The van der Waals surface area contributed by atoms with Crippen LogP contribution in [0.1, 0.15) is 31.4 Å². The van der Waals surface area contributed by atoms with Crippen LogP contribution in [-0.4, -0.2) is 63.3 Å². The van der Waals surface area contributed by atoms with Crippen LogP contribution in [0.15, 0.2) is 53.7 Å². The normalized spacial score (nSPS) is 18.1. The Balaban J connectivity index is 1.65. The molecule has 1 aliphatic heterocycles. The van der Waals surface area contributed by atoms with E-state index in [1.54, 1.807) is 4.90 Å². The van der Waals surface area contributed by atoms with Gasteiger partial charge < -0.3 is 4.90 Å². The van der Waals surface area contributed by atoms with E-state index in [1.165, 1.54) is 11.8 Å². The summed E-state index contributed by atoms with van der Waals surface area (Å²) >= 11 is 1.35. The quantitative estimate of drug-likeness (QED) is 0.457. The number of aromatic nitrogens is 3. The van der Waals surface area contributed by atoms with Crippen molar-refractivity contribution < 1.29 is 13.2 Å². The van der Waals surface area contributed by atoms with E-state index in [0.717, 1.165) is 22.4 Å². The first-order chi connectivity index (χ1) is 16.2. The third-order valence-electron chi connectivity index (χ3n) is 6.14. The highest BCUT2D eigenvalue weighted by Gasteiger charge is 2.36. The predicted molar refractivity (Wildman–Crippen MR) is 136 cm³/mol. The highest BCUT2D eigenvalue weighted by atomic mass is 32.2. The zero-order valence-corrected chi connectivity index (χ0v) is 21.6. The van der Waals surface area contributed by atoms with Gasteiger partial charge in [0.15, 0.2) is 20.8 Å². The van der Waals surface area contributed by atoms with E-state index in [1.807, 2.05) is 80.8 Å². The highest BCUT2D eigenvalue weighted by molar-refractivity contribution is 8.00. The maximum absolute atomic E-state index is 13.3. The first kappa shape index (κ1) is 24.5. The van der Waals surface area contributed by atoms with Crippen molar-refractivity contribution in [2.45, 2.75) is 50.6 Å². The van der Waals surface area contributed by atoms with Gasteiger partial charge >= 0.3 is 0 Å². The van der Waals surface area contributed by atoms with E-state index in [0.29, 0.717) is 23.9 Å². The second-order valence-electron chi connectivity index (χ2n) is 8.78. The fourth-order valence-corrected chi connectivity index (χ4v) is 6.89. The molecule has 1 amide bonds. The zero-order valence-electron chi connectivity index (χ0n) is 19.9. The Hall–Kier alpha value is -2.65. The van der Waals surface area contributed by atoms with Crippen molar-refractivity contribution >= 4 is 27.5 Å². The maximum atomic E-state index is 13.3. The molecule has 0 spiro atoms. The van der Waals surface area contributed by atoms with Crippen LogP contribution in [0.2, 0.25) is 0 Å². The first-order valence-corrected chi connectivity index (χ1v) is 14.2. The van der Waals surface area contributed by atoms with Gasteiger partial charge in [-0.05, 0) is 46.2 Å². The monoisotopic (exact) mass is 498 g/mol. The molecule has 3 aromatic rings. The Bertz CT molecular complexity index is 1270. The van der Waals surface area contributed by atoms with E-state index < -0.39 is 15.1 Å². The smallest absolute Gasteiger partial charge is 0.236 e. The van der Waals surface area contributed by atoms with Crippen molar-refractivity contribution in [3.63, 3.8) is 0 Å². The largest absolute Gasteiger partial charge is 0.338 e. The summed E-state index contributed by atoms with van der Waals surface area (Å²) in [7, 11) is -3.07. The van der Waals surface area contributed by atoms with Crippen LogP contribution in [-0.2, 0) is 14.6 Å². The van der Waals surface area contributed by atoms with Gasteiger partial charge in [-0.15, -0.1) is 10.2 Å². The molecule has 34 heavy (non-hydrogen) atoms. The van der Waals surface area contributed by atoms with Crippen LogP contribution in [0, 0.1) is 13.8 Å². The van der Waals surface area contributed by atoms with Crippen LogP contribution in [0.25, 0.3) is 17.1 Å². The molecular formula is C25H30N4O3S2. The van der Waals surface area contributed by atoms with Crippen molar-refractivity contribution in [2.24, 2.45) is 0 Å². The molecular weight excluding hydrogens is 468 g/mol. The lowest BCUT2D eigenvalue weighted by atomic mass is 10.1. The van der Waals surface area contributed by atoms with Crippen LogP contribution >= 0.6 is 11.8 Å². The van der Waals surface area contributed by atoms with Crippen molar-refractivity contribution in [1.29, 1.82) is 0 Å². The molecule has 0 aliphatic carbocycles. The summed E-state index contributed by atoms with van der Waals surface area (Å²) in [4.78, 5) is 15.0. The fraction of sp³-hybridized carbons (Fsp3) is 0.400. The molecule has 4 rings (SSSR count). The summed E-state index contributed by atoms with van der Waals surface area (Å²) in [6.07, 6.45) is 0.496. The molecule has 0 N–H and O–H groups in total. The van der Waals surface area contributed by atoms with Crippen LogP contribution in [0.5, 0.6) is 0 Å². The molecule has 2 heterocycles. The molecule has 0 saturated carbocycles. The number of thioether (sulfide) groups is 1. The van der Waals surface area contributed by atoms with Gasteiger partial charge in [0.25, 0.3) is 0 Å². The third kappa shape index (κ3) is 5.20. The number of benzene rings is 2. The summed E-state index contributed by atoms with van der Waals surface area (Å²) in [6.45, 7) is 8.29. The van der Waals surface area contributed by atoms with Gasteiger partial charge in [0, 0.05) is 23.8 Å². The molecule has 2 atom stereocenters. The summed E-state index contributed by atoms with van der Waals surface area (Å²) in [5.74, 6) is 0.816. The average Bonchev–Trinajstić information content (AvgIpc) is 3.38. The van der Waals surface area contributed by atoms with Gasteiger partial charge in [-0.25, -0.2) is 8.42 Å². The van der Waals surface area contributed by atoms with Crippen molar-refractivity contribution in [1.82, 2.24) is 19.7 Å². The summed E-state index contributed by atoms with van der Waals surface area (Å²) < 4.78 is 25.9. The topological polar surface area (TPSA) is 85.2 Å². The second-order valence-corrected chi connectivity index (χ2v) is 12.3. The molecule has 7 nitrogen and oxygen atoms in total. The van der Waals surface area contributed by atoms with E-state index in [4.69, 9.17) is 0 Å². The number of carbonyl (C=O) groups is 1. The van der Waals surface area contributed by atoms with Crippen LogP contribution in [0.4, 0.5) is 0 Å². The lowest BCUT2D eigenvalue weighted by Crippen LogP contribution is -2.44. The number of amides is 1. The third-order valence-corrected chi connectivity index (χ3v) is 8.92. The van der Waals surface area contributed by atoms with Crippen LogP contribution in [0.3, 0.4) is 0 Å². The lowest BCUT2D eigenvalue weighted by molar-refractivity contribution is -0.131. The Labute approximate surface area is 205 Å². The van der Waals surface area contributed by atoms with E-state index in [9.17, 15) is 13.2 Å². The molecule has 180 valence electrons. The first-order valence-electron chi connectivity index (χ1n) is 11.5. The van der Waals surface area contributed by atoms with Gasteiger partial charge in [0.2, 0.25) is 5.91 Å². The highest BCUT2D eigenvalue weighted by Crippen LogP contribution is 2.32. The molecule has 0 bridgehead atoms. The standard InChI is InChI=1S/C25H30N4O3S2/c1-5-28(22-14-15-34(31,32)16-22)24(30)19(4)33-25-27-26-23(20-10-6-17(2)7-11-20)29(25)21-12-8-18(3)9-13-21/h6-13,19,22H,5,14-16H2,1-4H3. The number of hydrogen-bond donors (Lipinski definition) is 0. The number of nitrogens with zero attached hydrogens (tertiary/aromatic N) is 4. The number of sulfone groups is 1. The van der Waals surface area contributed by atoms with Crippen molar-refractivity contribution in [2.75, 3.05) is 18.1 Å². The molecule has 1 saturated heterocycles. The van der Waals surface area contributed by atoms with Gasteiger partial charge in [-0.3, -0.25) is 9.36 Å². The Kier molecular flexibility index (Phi) is 7.14. The Morgan fingerprint density at radius 3 is 2.26 bits per heavy atom. The minimum atomic E-state index is -3.07. The predicted octanol–water partition coefficient (Wildman–Crippen LogP) is 4.07. The summed E-state index contributed by atoms with van der Waals surface area (Å²) in [5, 5.41) is 9.11. The molecule has 2 unspecified atom stereocenters. The Morgan fingerprint density at radius 1 is 1.09 bits per heavy atom. The molecule has 2 aromatic carbocycles. The SMILES string of the molecule is CCN(C(=O)C(C)Sc1nnc(-c2ccc(C)cc2)n1-c1ccc(C)cc1)C1CCS(=O)(=O)C1. The zero-order chi connectivity index (χ0) is 24.5. The van der Waals surface area contributed by atoms with E-state index in [2.05, 4.69) is 10.2 Å². The summed E-state index contributed by atoms with van der Waals surface area (Å²) in [5.41, 5.74) is 4.17. The molecule has 9 heteroatoms. The van der Waals surface area contributed by atoms with Crippen LogP contribution < -0.4 is 0 Å². The molecule has 1 aromatic heterocycles. The van der Waals surface area contributed by atoms with Gasteiger partial charge in [0.05, 0.1) is 16.8 Å². The number of rotatable bonds is 7.